The van der Waals surface area contributed by atoms with Crippen LogP contribution in [0.3, 0.4) is 0 Å². The number of hydrogen-bond acceptors (Lipinski definition) is 5. The minimum Gasteiger partial charge on any atom is -0.375 e. The molecule has 138 valence electrons. The Labute approximate surface area is 156 Å². The molecule has 0 radical (unpaired) electrons. The number of likely N-dealkylation sites (tertiary alicyclic amines) is 2. The van der Waals surface area contributed by atoms with Crippen LogP contribution in [0.5, 0.6) is 0 Å². The van der Waals surface area contributed by atoms with E-state index < -0.39 is 0 Å². The summed E-state index contributed by atoms with van der Waals surface area (Å²) in [7, 11) is 2.29. The fraction of sp³-hybridized carbons (Fsp3) is 0.524. The summed E-state index contributed by atoms with van der Waals surface area (Å²) in [5, 5.41) is 0. The molecule has 2 fully saturated rings. The number of aromatic nitrogens is 2. The van der Waals surface area contributed by atoms with Gasteiger partial charge in [-0.25, -0.2) is 0 Å². The molecule has 26 heavy (non-hydrogen) atoms. The molecule has 2 aliphatic heterocycles. The Kier molecular flexibility index (Phi) is 5.29. The second kappa shape index (κ2) is 7.82. The molecule has 4 heterocycles. The molecule has 0 N–H and O–H groups in total. The van der Waals surface area contributed by atoms with Crippen molar-refractivity contribution in [3.8, 4) is 0 Å². The van der Waals surface area contributed by atoms with Crippen molar-refractivity contribution >= 4 is 0 Å². The average Bonchev–Trinajstić information content (AvgIpc) is 2.65. The van der Waals surface area contributed by atoms with Crippen LogP contribution in [0.1, 0.15) is 24.1 Å². The van der Waals surface area contributed by atoms with E-state index in [1.165, 1.54) is 24.9 Å². The molecule has 2 aromatic rings. The molecule has 0 aromatic carbocycles. The molecule has 2 aliphatic rings. The fourth-order valence-corrected chi connectivity index (χ4v) is 4.38. The summed E-state index contributed by atoms with van der Waals surface area (Å²) in [5.74, 6) is 0.651. The van der Waals surface area contributed by atoms with Gasteiger partial charge in [0, 0.05) is 43.8 Å². The molecule has 5 heteroatoms. The highest BCUT2D eigenvalue weighted by atomic mass is 16.5. The number of nitrogens with zero attached hydrogens (tertiary/aromatic N) is 4. The van der Waals surface area contributed by atoms with Crippen molar-refractivity contribution < 1.29 is 4.74 Å². The predicted octanol–water partition coefficient (Wildman–Crippen LogP) is 2.59. The van der Waals surface area contributed by atoms with Gasteiger partial charge in [0.2, 0.25) is 0 Å². The molecule has 5 nitrogen and oxygen atoms in total. The minimum absolute atomic E-state index is 0.338. The van der Waals surface area contributed by atoms with E-state index in [1.807, 2.05) is 36.8 Å². The molecule has 4 rings (SSSR count). The maximum absolute atomic E-state index is 5.98. The van der Waals surface area contributed by atoms with E-state index in [4.69, 9.17) is 4.74 Å². The van der Waals surface area contributed by atoms with E-state index in [9.17, 15) is 0 Å². The number of ether oxygens (including phenoxy) is 1. The molecule has 2 aromatic heterocycles. The molecule has 1 atom stereocenters. The van der Waals surface area contributed by atoms with Crippen molar-refractivity contribution in [3.05, 3.63) is 60.2 Å². The molecule has 0 saturated carbocycles. The van der Waals surface area contributed by atoms with Crippen molar-refractivity contribution in [2.24, 2.45) is 5.92 Å². The van der Waals surface area contributed by atoms with Crippen LogP contribution in [0.4, 0.5) is 0 Å². The lowest BCUT2D eigenvalue weighted by atomic mass is 9.75. The van der Waals surface area contributed by atoms with E-state index >= 15 is 0 Å². The van der Waals surface area contributed by atoms with Gasteiger partial charge in [-0.05, 0) is 62.2 Å². The van der Waals surface area contributed by atoms with Gasteiger partial charge in [0.1, 0.15) is 0 Å². The summed E-state index contributed by atoms with van der Waals surface area (Å²) in [6, 6.07) is 10.2. The summed E-state index contributed by atoms with van der Waals surface area (Å²) < 4.78 is 5.98. The van der Waals surface area contributed by atoms with Crippen LogP contribution in [0.15, 0.2) is 48.9 Å². The van der Waals surface area contributed by atoms with E-state index in [1.54, 1.807) is 0 Å². The third-order valence-electron chi connectivity index (χ3n) is 5.87. The quantitative estimate of drug-likeness (QED) is 0.799. The summed E-state index contributed by atoms with van der Waals surface area (Å²) >= 11 is 0. The fourth-order valence-electron chi connectivity index (χ4n) is 4.38. The second-order valence-electron chi connectivity index (χ2n) is 7.84. The number of hydrogen-bond donors (Lipinski definition) is 0. The highest BCUT2D eigenvalue weighted by Gasteiger charge is 2.49. The molecular formula is C21H28N4O. The Morgan fingerprint density at radius 1 is 1.15 bits per heavy atom. The lowest BCUT2D eigenvalue weighted by molar-refractivity contribution is -0.0936. The molecule has 0 bridgehead atoms. The van der Waals surface area contributed by atoms with Crippen LogP contribution in [0.25, 0.3) is 0 Å². The first-order valence-electron chi connectivity index (χ1n) is 9.54. The zero-order valence-electron chi connectivity index (χ0n) is 15.6. The maximum Gasteiger partial charge on any atom is 0.0887 e. The van der Waals surface area contributed by atoms with Gasteiger partial charge in [-0.3, -0.25) is 19.8 Å². The number of likely N-dealkylation sites (N-methyl/N-ethyl adjacent to an activating group) is 1. The lowest BCUT2D eigenvalue weighted by Gasteiger charge is -2.58. The Balaban J connectivity index is 1.26. The first-order chi connectivity index (χ1) is 12.7. The number of piperidine rings is 1. The molecular weight excluding hydrogens is 324 g/mol. The first kappa shape index (κ1) is 17.6. The predicted molar refractivity (Wildman–Crippen MR) is 101 cm³/mol. The van der Waals surface area contributed by atoms with Crippen LogP contribution >= 0.6 is 0 Å². The average molecular weight is 352 g/mol. The largest absolute Gasteiger partial charge is 0.375 e. The Morgan fingerprint density at radius 3 is 2.77 bits per heavy atom. The van der Waals surface area contributed by atoms with Crippen molar-refractivity contribution in [3.63, 3.8) is 0 Å². The first-order valence-corrected chi connectivity index (χ1v) is 9.54. The maximum atomic E-state index is 5.98. The molecule has 0 amide bonds. The summed E-state index contributed by atoms with van der Waals surface area (Å²) in [6.45, 7) is 5.97. The van der Waals surface area contributed by atoms with Gasteiger partial charge in [0.25, 0.3) is 0 Å². The molecule has 0 aliphatic carbocycles. The normalized spacial score (nSPS) is 23.0. The number of rotatable bonds is 6. The van der Waals surface area contributed by atoms with E-state index in [0.717, 1.165) is 31.9 Å². The monoisotopic (exact) mass is 352 g/mol. The Morgan fingerprint density at radius 2 is 2.00 bits per heavy atom. The van der Waals surface area contributed by atoms with Gasteiger partial charge < -0.3 is 4.74 Å². The second-order valence-corrected chi connectivity index (χ2v) is 7.84. The van der Waals surface area contributed by atoms with Crippen LogP contribution in [0, 0.1) is 5.92 Å². The molecule has 1 spiro atoms. The van der Waals surface area contributed by atoms with Gasteiger partial charge in [-0.15, -0.1) is 0 Å². The number of pyridine rings is 2. The van der Waals surface area contributed by atoms with Crippen LogP contribution in [-0.2, 0) is 17.9 Å². The third-order valence-corrected chi connectivity index (χ3v) is 5.87. The highest BCUT2D eigenvalue weighted by Crippen LogP contribution is 2.38. The lowest BCUT2D eigenvalue weighted by Crippen LogP contribution is -2.71. The van der Waals surface area contributed by atoms with Gasteiger partial charge in [0.15, 0.2) is 0 Å². The van der Waals surface area contributed by atoms with E-state index in [0.29, 0.717) is 18.1 Å². The van der Waals surface area contributed by atoms with Gasteiger partial charge in [-0.2, -0.15) is 0 Å². The van der Waals surface area contributed by atoms with Gasteiger partial charge in [0.05, 0.1) is 18.9 Å². The van der Waals surface area contributed by atoms with Crippen LogP contribution < -0.4 is 0 Å². The smallest absolute Gasteiger partial charge is 0.0887 e. The highest BCUT2D eigenvalue weighted by molar-refractivity contribution is 5.13. The standard InChI is InChI=1S/C21H28N4O/c1-24-11-7-19(14-26-15-20-4-2-3-8-23-20)12-21(24)16-25(17-21)13-18-5-9-22-10-6-18/h2-6,8-10,19H,7,11-17H2,1H3. The topological polar surface area (TPSA) is 41.5 Å². The van der Waals surface area contributed by atoms with Crippen LogP contribution in [0.2, 0.25) is 0 Å². The SMILES string of the molecule is CN1CCC(COCc2ccccn2)CC12CN(Cc1ccncc1)C2. The van der Waals surface area contributed by atoms with Crippen molar-refractivity contribution in [2.75, 3.05) is 33.3 Å². The summed E-state index contributed by atoms with van der Waals surface area (Å²) in [5.41, 5.74) is 2.70. The summed E-state index contributed by atoms with van der Waals surface area (Å²) in [4.78, 5) is 13.6. The Bertz CT molecular complexity index is 688. The van der Waals surface area contributed by atoms with Crippen LogP contribution in [-0.4, -0.2) is 58.6 Å². The van der Waals surface area contributed by atoms with Gasteiger partial charge >= 0.3 is 0 Å². The zero-order chi connectivity index (χ0) is 17.8. The molecule has 2 saturated heterocycles. The third kappa shape index (κ3) is 3.95. The van der Waals surface area contributed by atoms with Crippen molar-refractivity contribution in [2.45, 2.75) is 31.5 Å². The molecule has 1 unspecified atom stereocenters. The van der Waals surface area contributed by atoms with Crippen molar-refractivity contribution in [1.29, 1.82) is 0 Å². The van der Waals surface area contributed by atoms with E-state index in [-0.39, 0.29) is 0 Å². The summed E-state index contributed by atoms with van der Waals surface area (Å²) in [6.07, 6.45) is 8.05. The minimum atomic E-state index is 0.338. The van der Waals surface area contributed by atoms with Gasteiger partial charge in [-0.1, -0.05) is 6.07 Å². The Hall–Kier alpha value is -1.82. The zero-order valence-corrected chi connectivity index (χ0v) is 15.6. The van der Waals surface area contributed by atoms with E-state index in [2.05, 4.69) is 38.9 Å². The van der Waals surface area contributed by atoms with Crippen molar-refractivity contribution in [1.82, 2.24) is 19.8 Å².